The van der Waals surface area contributed by atoms with Crippen molar-refractivity contribution in [2.24, 2.45) is 0 Å². The number of amides is 2. The van der Waals surface area contributed by atoms with E-state index in [1.807, 2.05) is 37.3 Å². The quantitative estimate of drug-likeness (QED) is 0.549. The van der Waals surface area contributed by atoms with Crippen LogP contribution in [0.3, 0.4) is 0 Å². The van der Waals surface area contributed by atoms with Crippen molar-refractivity contribution in [3.63, 3.8) is 0 Å². The summed E-state index contributed by atoms with van der Waals surface area (Å²) in [6.07, 6.45) is 0.298. The highest BCUT2D eigenvalue weighted by atomic mass is 32.2. The Balaban J connectivity index is 1.79. The molecule has 7 heteroatoms. The first-order valence-corrected chi connectivity index (χ1v) is 9.20. The van der Waals surface area contributed by atoms with Crippen molar-refractivity contribution in [1.82, 2.24) is 10.9 Å². The fourth-order valence-electron chi connectivity index (χ4n) is 2.12. The summed E-state index contributed by atoms with van der Waals surface area (Å²) in [4.78, 5) is 25.1. The maximum Gasteiger partial charge on any atom is 0.269 e. The molecule has 0 fully saturated rings. The number of methoxy groups -OCH3 is 1. The van der Waals surface area contributed by atoms with Crippen molar-refractivity contribution in [3.8, 4) is 11.5 Å². The minimum atomic E-state index is -0.421. The van der Waals surface area contributed by atoms with E-state index in [2.05, 4.69) is 10.9 Å². The van der Waals surface area contributed by atoms with E-state index >= 15 is 0 Å². The monoisotopic (exact) mass is 374 g/mol. The van der Waals surface area contributed by atoms with Crippen LogP contribution in [-0.2, 0) is 4.79 Å². The number of nitrogens with one attached hydrogen (secondary N) is 2. The number of benzene rings is 2. The van der Waals surface area contributed by atoms with Crippen molar-refractivity contribution in [3.05, 3.63) is 54.1 Å². The highest BCUT2D eigenvalue weighted by Gasteiger charge is 2.12. The Labute approximate surface area is 157 Å². The summed E-state index contributed by atoms with van der Waals surface area (Å²) in [5, 5.41) is 0. The molecule has 0 aliphatic carbocycles. The van der Waals surface area contributed by atoms with E-state index in [-0.39, 0.29) is 5.91 Å². The van der Waals surface area contributed by atoms with E-state index in [0.717, 1.165) is 4.90 Å². The second kappa shape index (κ2) is 10.4. The Hall–Kier alpha value is -2.67. The fraction of sp³-hybridized carbons (Fsp3) is 0.263. The Kier molecular flexibility index (Phi) is 7.82. The second-order valence-electron chi connectivity index (χ2n) is 5.21. The molecule has 0 heterocycles. The normalized spacial score (nSPS) is 10.1. The number of carbonyl (C=O) groups is 2. The summed E-state index contributed by atoms with van der Waals surface area (Å²) in [6.45, 7) is 2.37. The van der Waals surface area contributed by atoms with Gasteiger partial charge in [-0.15, -0.1) is 11.8 Å². The maximum atomic E-state index is 12.2. The molecule has 138 valence electrons. The molecule has 2 aromatic carbocycles. The molecule has 0 aliphatic rings. The van der Waals surface area contributed by atoms with Crippen LogP contribution in [0.2, 0.25) is 0 Å². The second-order valence-corrected chi connectivity index (χ2v) is 6.38. The first-order chi connectivity index (χ1) is 12.6. The zero-order valence-corrected chi connectivity index (χ0v) is 15.6. The number of ether oxygens (including phenoxy) is 2. The Morgan fingerprint density at radius 3 is 2.50 bits per heavy atom. The van der Waals surface area contributed by atoms with Crippen LogP contribution in [0.25, 0.3) is 0 Å². The SMILES string of the molecule is CCOc1ccc(C(=O)NNC(=O)CCSc2ccccc2)cc1OC. The largest absolute Gasteiger partial charge is 0.493 e. The van der Waals surface area contributed by atoms with Crippen LogP contribution in [0.5, 0.6) is 11.5 Å². The van der Waals surface area contributed by atoms with Crippen LogP contribution in [0.1, 0.15) is 23.7 Å². The van der Waals surface area contributed by atoms with Gasteiger partial charge >= 0.3 is 0 Å². The molecule has 2 rings (SSSR count). The van der Waals surface area contributed by atoms with Gasteiger partial charge in [0.25, 0.3) is 5.91 Å². The van der Waals surface area contributed by atoms with Crippen LogP contribution in [0, 0.1) is 0 Å². The summed E-state index contributed by atoms with van der Waals surface area (Å²) in [6, 6.07) is 14.7. The smallest absolute Gasteiger partial charge is 0.269 e. The highest BCUT2D eigenvalue weighted by molar-refractivity contribution is 7.99. The molecule has 2 aromatic rings. The Morgan fingerprint density at radius 2 is 1.81 bits per heavy atom. The van der Waals surface area contributed by atoms with Crippen LogP contribution in [0.4, 0.5) is 0 Å². The molecule has 0 bridgehead atoms. The summed E-state index contributed by atoms with van der Waals surface area (Å²) < 4.78 is 10.6. The van der Waals surface area contributed by atoms with Gasteiger partial charge in [-0.05, 0) is 37.3 Å². The van der Waals surface area contributed by atoms with Crippen molar-refractivity contribution >= 4 is 23.6 Å². The third-order valence-corrected chi connectivity index (χ3v) is 4.40. The lowest BCUT2D eigenvalue weighted by Crippen LogP contribution is -2.41. The summed E-state index contributed by atoms with van der Waals surface area (Å²) in [5.41, 5.74) is 5.19. The van der Waals surface area contributed by atoms with Crippen molar-refractivity contribution in [2.45, 2.75) is 18.2 Å². The molecule has 0 unspecified atom stereocenters. The lowest BCUT2D eigenvalue weighted by molar-refractivity contribution is -0.121. The molecule has 6 nitrogen and oxygen atoms in total. The molecule has 0 aliphatic heterocycles. The Bertz CT molecular complexity index is 738. The number of hydrogen-bond acceptors (Lipinski definition) is 5. The van der Waals surface area contributed by atoms with E-state index in [9.17, 15) is 9.59 Å². The van der Waals surface area contributed by atoms with Gasteiger partial charge in [-0.25, -0.2) is 0 Å². The van der Waals surface area contributed by atoms with Gasteiger partial charge in [0, 0.05) is 22.6 Å². The third-order valence-electron chi connectivity index (χ3n) is 3.38. The molecule has 0 atom stereocenters. The minimum absolute atomic E-state index is 0.250. The minimum Gasteiger partial charge on any atom is -0.493 e. The van der Waals surface area contributed by atoms with Gasteiger partial charge in [-0.1, -0.05) is 18.2 Å². The van der Waals surface area contributed by atoms with Crippen LogP contribution >= 0.6 is 11.8 Å². The zero-order chi connectivity index (χ0) is 18.8. The average molecular weight is 374 g/mol. The lowest BCUT2D eigenvalue weighted by Gasteiger charge is -2.11. The molecule has 2 N–H and O–H groups in total. The topological polar surface area (TPSA) is 76.7 Å². The highest BCUT2D eigenvalue weighted by Crippen LogP contribution is 2.27. The maximum absolute atomic E-state index is 12.2. The van der Waals surface area contributed by atoms with Gasteiger partial charge in [0.1, 0.15) is 0 Å². The Morgan fingerprint density at radius 1 is 1.04 bits per heavy atom. The number of carbonyl (C=O) groups excluding carboxylic acids is 2. The molecule has 0 aromatic heterocycles. The molecule has 0 saturated carbocycles. The molecule has 0 saturated heterocycles. The first-order valence-electron chi connectivity index (χ1n) is 8.22. The molecule has 0 radical (unpaired) electrons. The third kappa shape index (κ3) is 6.00. The van der Waals surface area contributed by atoms with Crippen LogP contribution in [0.15, 0.2) is 53.4 Å². The van der Waals surface area contributed by atoms with Gasteiger partial charge in [-0.2, -0.15) is 0 Å². The zero-order valence-electron chi connectivity index (χ0n) is 14.8. The predicted molar refractivity (Wildman–Crippen MR) is 102 cm³/mol. The lowest BCUT2D eigenvalue weighted by atomic mass is 10.2. The predicted octanol–water partition coefficient (Wildman–Crippen LogP) is 3.04. The number of rotatable bonds is 8. The van der Waals surface area contributed by atoms with Crippen molar-refractivity contribution in [2.75, 3.05) is 19.5 Å². The molecule has 0 spiro atoms. The van der Waals surface area contributed by atoms with Crippen molar-refractivity contribution in [1.29, 1.82) is 0 Å². The summed E-state index contributed by atoms with van der Waals surface area (Å²) >= 11 is 1.59. The molecule has 2 amide bonds. The van der Waals surface area contributed by atoms with Gasteiger partial charge in [0.05, 0.1) is 13.7 Å². The standard InChI is InChI=1S/C19H22N2O4S/c1-3-25-16-10-9-14(13-17(16)24-2)19(23)21-20-18(22)11-12-26-15-7-5-4-6-8-15/h4-10,13H,3,11-12H2,1-2H3,(H,20,22)(H,21,23). The van der Waals surface area contributed by atoms with Gasteiger partial charge in [0.15, 0.2) is 11.5 Å². The fourth-order valence-corrected chi connectivity index (χ4v) is 3.00. The molecular formula is C19H22N2O4S. The van der Waals surface area contributed by atoms with Crippen LogP contribution < -0.4 is 20.3 Å². The van der Waals surface area contributed by atoms with Gasteiger partial charge in [0.2, 0.25) is 5.91 Å². The van der Waals surface area contributed by atoms with E-state index < -0.39 is 5.91 Å². The van der Waals surface area contributed by atoms with Crippen LogP contribution in [-0.4, -0.2) is 31.3 Å². The van der Waals surface area contributed by atoms with E-state index in [1.54, 1.807) is 30.0 Å². The molecular weight excluding hydrogens is 352 g/mol. The van der Waals surface area contributed by atoms with E-state index in [1.165, 1.54) is 7.11 Å². The van der Waals surface area contributed by atoms with E-state index in [0.29, 0.717) is 35.8 Å². The van der Waals surface area contributed by atoms with Crippen molar-refractivity contribution < 1.29 is 19.1 Å². The summed E-state index contributed by atoms with van der Waals surface area (Å²) in [5.74, 6) is 0.983. The number of hydrogen-bond donors (Lipinski definition) is 2. The average Bonchev–Trinajstić information content (AvgIpc) is 2.67. The molecule has 26 heavy (non-hydrogen) atoms. The van der Waals surface area contributed by atoms with Gasteiger partial charge < -0.3 is 9.47 Å². The van der Waals surface area contributed by atoms with Gasteiger partial charge in [-0.3, -0.25) is 20.4 Å². The number of thioether (sulfide) groups is 1. The first kappa shape index (κ1) is 19.7. The number of hydrazine groups is 1. The van der Waals surface area contributed by atoms with E-state index in [4.69, 9.17) is 9.47 Å². The summed E-state index contributed by atoms with van der Waals surface area (Å²) in [7, 11) is 1.51.